The SMILES string of the molecule is CC(C)(C)[C@H](c1cc(-c2cc(F)ccc2F)cn1Cc1ccccc1)N(CCCNC(=O)OCC[Si](C)(C)C)C(=O)CSCCC(=O)O. The molecule has 8 nitrogen and oxygen atoms in total. The second kappa shape index (κ2) is 17.7. The van der Waals surface area contributed by atoms with Crippen LogP contribution in [-0.4, -0.2) is 71.8 Å². The van der Waals surface area contributed by atoms with Crippen LogP contribution in [0.2, 0.25) is 25.7 Å². The van der Waals surface area contributed by atoms with Crippen LogP contribution in [0.4, 0.5) is 13.6 Å². The van der Waals surface area contributed by atoms with Gasteiger partial charge in [0.15, 0.2) is 0 Å². The molecule has 0 unspecified atom stereocenters. The van der Waals surface area contributed by atoms with Crippen molar-refractivity contribution >= 4 is 37.8 Å². The van der Waals surface area contributed by atoms with Gasteiger partial charge in [0.1, 0.15) is 11.6 Å². The van der Waals surface area contributed by atoms with E-state index in [2.05, 4.69) is 25.0 Å². The molecule has 0 aliphatic heterocycles. The molecule has 2 N–H and O–H groups in total. The number of aliphatic carboxylic acids is 1. The van der Waals surface area contributed by atoms with Crippen LogP contribution in [0.3, 0.4) is 0 Å². The fraction of sp³-hybridized carbons (Fsp3) is 0.472. The second-order valence-electron chi connectivity index (χ2n) is 14.2. The molecule has 3 aromatic rings. The van der Waals surface area contributed by atoms with Gasteiger partial charge in [-0.25, -0.2) is 13.6 Å². The number of benzene rings is 2. The van der Waals surface area contributed by atoms with Gasteiger partial charge >= 0.3 is 12.1 Å². The lowest BCUT2D eigenvalue weighted by molar-refractivity contribution is -0.136. The Morgan fingerprint density at radius 3 is 2.42 bits per heavy atom. The molecule has 0 bridgehead atoms. The van der Waals surface area contributed by atoms with Crippen LogP contribution < -0.4 is 5.32 Å². The number of alkyl carbamates (subject to hydrolysis) is 1. The molecule has 0 aliphatic rings. The highest BCUT2D eigenvalue weighted by molar-refractivity contribution is 7.99. The van der Waals surface area contributed by atoms with Gasteiger partial charge in [0, 0.05) is 56.5 Å². The number of aromatic nitrogens is 1. The van der Waals surface area contributed by atoms with Gasteiger partial charge in [0.25, 0.3) is 0 Å². The number of thioether (sulfide) groups is 1. The third-order valence-electron chi connectivity index (χ3n) is 7.71. The Bertz CT molecular complexity index is 1520. The molecule has 0 saturated carbocycles. The van der Waals surface area contributed by atoms with Gasteiger partial charge in [0.05, 0.1) is 24.8 Å². The Kier molecular flexibility index (Phi) is 14.3. The highest BCUT2D eigenvalue weighted by Gasteiger charge is 2.37. The van der Waals surface area contributed by atoms with Crippen LogP contribution in [0.1, 0.15) is 50.9 Å². The summed E-state index contributed by atoms with van der Waals surface area (Å²) in [6.45, 7) is 14.0. The summed E-state index contributed by atoms with van der Waals surface area (Å²) in [6, 6.07) is 15.3. The number of carbonyl (C=O) groups excluding carboxylic acids is 2. The molecule has 0 saturated heterocycles. The van der Waals surface area contributed by atoms with Gasteiger partial charge in [-0.15, -0.1) is 0 Å². The fourth-order valence-electron chi connectivity index (χ4n) is 5.35. The van der Waals surface area contributed by atoms with E-state index in [1.807, 2.05) is 61.7 Å². The molecule has 1 heterocycles. The normalized spacial score (nSPS) is 12.4. The van der Waals surface area contributed by atoms with Gasteiger partial charge in [-0.2, -0.15) is 11.8 Å². The Balaban J connectivity index is 1.97. The number of carboxylic acid groups (broad SMARTS) is 1. The Morgan fingerprint density at radius 1 is 1.06 bits per heavy atom. The molecule has 3 rings (SSSR count). The molecule has 2 aromatic carbocycles. The van der Waals surface area contributed by atoms with Crippen molar-refractivity contribution in [3.8, 4) is 11.1 Å². The van der Waals surface area contributed by atoms with E-state index >= 15 is 4.39 Å². The fourth-order valence-corrected chi connectivity index (χ4v) is 6.87. The molecule has 262 valence electrons. The van der Waals surface area contributed by atoms with Crippen LogP contribution >= 0.6 is 11.8 Å². The van der Waals surface area contributed by atoms with Crippen LogP contribution in [0.25, 0.3) is 11.1 Å². The third-order valence-corrected chi connectivity index (χ3v) is 10.4. The number of carbonyl (C=O) groups is 3. The van der Waals surface area contributed by atoms with Crippen LogP contribution in [0, 0.1) is 17.0 Å². The van der Waals surface area contributed by atoms with E-state index < -0.39 is 43.2 Å². The van der Waals surface area contributed by atoms with E-state index in [0.29, 0.717) is 25.1 Å². The average molecular weight is 702 g/mol. The summed E-state index contributed by atoms with van der Waals surface area (Å²) in [5.41, 5.74) is 1.82. The van der Waals surface area contributed by atoms with Crippen molar-refractivity contribution in [1.29, 1.82) is 0 Å². The van der Waals surface area contributed by atoms with Crippen LogP contribution in [0.5, 0.6) is 0 Å². The summed E-state index contributed by atoms with van der Waals surface area (Å²) in [7, 11) is -1.35. The molecule has 0 radical (unpaired) electrons. The van der Waals surface area contributed by atoms with Gasteiger partial charge < -0.3 is 24.6 Å². The first kappa shape index (κ1) is 38.8. The summed E-state index contributed by atoms with van der Waals surface area (Å²) < 4.78 is 36.7. The number of ether oxygens (including phenoxy) is 1. The average Bonchev–Trinajstić information content (AvgIpc) is 3.39. The van der Waals surface area contributed by atoms with Crippen LogP contribution in [-0.2, 0) is 20.9 Å². The molecular formula is C36H49F2N3O5SSi. The number of nitrogens with one attached hydrogen (secondary N) is 1. The summed E-state index contributed by atoms with van der Waals surface area (Å²) >= 11 is 1.25. The molecule has 1 aromatic heterocycles. The number of nitrogens with zero attached hydrogens (tertiary/aromatic N) is 2. The number of rotatable bonds is 17. The monoisotopic (exact) mass is 701 g/mol. The minimum absolute atomic E-state index is 0.0626. The van der Waals surface area contributed by atoms with Crippen molar-refractivity contribution in [3.63, 3.8) is 0 Å². The number of halogens is 2. The standard InChI is InChI=1S/C36H49F2N3O5SSi/c1-36(2,3)34(31-21-27(29-22-28(37)13-14-30(29)38)24-40(31)23-26-11-8-7-9-12-26)41(32(42)25-47-19-15-33(43)44)17-10-16-39-35(45)46-18-20-48(4,5)6/h7-9,11-14,21-22,24,34H,10,15-20,23,25H2,1-6H3,(H,39,45)(H,43,44)/t34-/m0/s1. The Hall–Kier alpha value is -3.64. The zero-order valence-electron chi connectivity index (χ0n) is 28.9. The summed E-state index contributed by atoms with van der Waals surface area (Å²) in [4.78, 5) is 39.2. The second-order valence-corrected chi connectivity index (χ2v) is 20.9. The van der Waals surface area contributed by atoms with Crippen molar-refractivity contribution in [1.82, 2.24) is 14.8 Å². The van der Waals surface area contributed by atoms with Crippen molar-refractivity contribution < 1.29 is 33.0 Å². The van der Waals surface area contributed by atoms with Crippen molar-refractivity contribution in [2.75, 3.05) is 31.2 Å². The van der Waals surface area contributed by atoms with E-state index in [1.54, 1.807) is 11.1 Å². The number of hydrogen-bond acceptors (Lipinski definition) is 5. The Morgan fingerprint density at radius 2 is 1.77 bits per heavy atom. The Labute approximate surface area is 288 Å². The zero-order valence-corrected chi connectivity index (χ0v) is 30.7. The van der Waals surface area contributed by atoms with Crippen molar-refractivity contribution in [3.05, 3.63) is 83.7 Å². The van der Waals surface area contributed by atoms with Gasteiger partial charge in [-0.05, 0) is 47.7 Å². The molecule has 0 aliphatic carbocycles. The van der Waals surface area contributed by atoms with Gasteiger partial charge in [0.2, 0.25) is 5.91 Å². The van der Waals surface area contributed by atoms with Crippen molar-refractivity contribution in [2.24, 2.45) is 5.41 Å². The topological polar surface area (TPSA) is 101 Å². The first-order chi connectivity index (χ1) is 22.5. The highest BCUT2D eigenvalue weighted by atomic mass is 32.2. The smallest absolute Gasteiger partial charge is 0.407 e. The van der Waals surface area contributed by atoms with E-state index in [4.69, 9.17) is 9.84 Å². The largest absolute Gasteiger partial charge is 0.481 e. The van der Waals surface area contributed by atoms with E-state index in [0.717, 1.165) is 29.4 Å². The van der Waals surface area contributed by atoms with Crippen LogP contribution in [0.15, 0.2) is 60.8 Å². The predicted molar refractivity (Wildman–Crippen MR) is 191 cm³/mol. The maximum atomic E-state index is 15.1. The summed E-state index contributed by atoms with van der Waals surface area (Å²) in [6.07, 6.45) is 1.67. The molecule has 0 spiro atoms. The van der Waals surface area contributed by atoms with Crippen molar-refractivity contribution in [2.45, 2.75) is 71.9 Å². The lowest BCUT2D eigenvalue weighted by Crippen LogP contribution is -2.44. The number of carboxylic acids is 1. The number of hydrogen-bond donors (Lipinski definition) is 2. The first-order valence-electron chi connectivity index (χ1n) is 16.2. The minimum atomic E-state index is -1.35. The lowest BCUT2D eigenvalue weighted by Gasteiger charge is -2.41. The number of amides is 2. The maximum absolute atomic E-state index is 15.1. The maximum Gasteiger partial charge on any atom is 0.407 e. The van der Waals surface area contributed by atoms with Gasteiger partial charge in [-0.3, -0.25) is 9.59 Å². The first-order valence-corrected chi connectivity index (χ1v) is 21.1. The van der Waals surface area contributed by atoms with E-state index in [-0.39, 0.29) is 42.5 Å². The molecule has 48 heavy (non-hydrogen) atoms. The molecule has 1 atom stereocenters. The van der Waals surface area contributed by atoms with Gasteiger partial charge in [-0.1, -0.05) is 70.7 Å². The lowest BCUT2D eigenvalue weighted by atomic mass is 9.83. The molecular weight excluding hydrogens is 653 g/mol. The summed E-state index contributed by atoms with van der Waals surface area (Å²) in [5.74, 6) is -1.88. The molecule has 2 amide bonds. The van der Waals surface area contributed by atoms with E-state index in [9.17, 15) is 18.8 Å². The minimum Gasteiger partial charge on any atom is -0.481 e. The predicted octanol–water partition coefficient (Wildman–Crippen LogP) is 8.06. The highest BCUT2D eigenvalue weighted by Crippen LogP contribution is 2.41. The van der Waals surface area contributed by atoms with E-state index in [1.165, 1.54) is 17.8 Å². The summed E-state index contributed by atoms with van der Waals surface area (Å²) in [5, 5.41) is 11.9. The quantitative estimate of drug-likeness (QED) is 0.109. The zero-order chi connectivity index (χ0) is 35.5. The molecule has 0 fully saturated rings. The third kappa shape index (κ3) is 12.4. The molecule has 12 heteroatoms.